The molecule has 0 bridgehead atoms. The topological polar surface area (TPSA) is 65.0 Å². The molecule has 1 aliphatic heterocycles. The van der Waals surface area contributed by atoms with E-state index in [-0.39, 0.29) is 13.2 Å². The van der Waals surface area contributed by atoms with Crippen molar-refractivity contribution in [2.75, 3.05) is 52.6 Å². The van der Waals surface area contributed by atoms with E-state index in [4.69, 9.17) is 14.9 Å². The monoisotopic (exact) mass is 232 g/mol. The van der Waals surface area contributed by atoms with Crippen molar-refractivity contribution in [3.05, 3.63) is 0 Å². The summed E-state index contributed by atoms with van der Waals surface area (Å²) < 4.78 is 5.23. The summed E-state index contributed by atoms with van der Waals surface area (Å²) >= 11 is 0. The van der Waals surface area contributed by atoms with Crippen LogP contribution in [0.3, 0.4) is 0 Å². The van der Waals surface area contributed by atoms with Crippen LogP contribution >= 0.6 is 0 Å². The maximum Gasteiger partial charge on any atom is 0.0698 e. The lowest BCUT2D eigenvalue weighted by Gasteiger charge is -2.24. The molecule has 0 aromatic carbocycles. The Balaban J connectivity index is 2.12. The molecule has 5 heteroatoms. The van der Waals surface area contributed by atoms with Gasteiger partial charge in [0.1, 0.15) is 0 Å². The van der Waals surface area contributed by atoms with E-state index in [1.165, 1.54) is 12.8 Å². The molecule has 0 aliphatic carbocycles. The van der Waals surface area contributed by atoms with Crippen molar-refractivity contribution in [2.45, 2.75) is 18.9 Å². The normalized spacial score (nSPS) is 20.8. The highest BCUT2D eigenvalue weighted by molar-refractivity contribution is 4.77. The molecule has 0 aromatic heterocycles. The number of hydrogen-bond donors (Lipinski definition) is 3. The zero-order valence-corrected chi connectivity index (χ0v) is 9.90. The van der Waals surface area contributed by atoms with Crippen LogP contribution in [-0.2, 0) is 4.74 Å². The predicted octanol–water partition coefficient (Wildman–Crippen LogP) is -0.958. The SMILES string of the molecule is OCCOCCN(CCO)CC1CCCN1. The lowest BCUT2D eigenvalue weighted by atomic mass is 10.2. The standard InChI is InChI=1S/C11H24N2O3/c14-6-4-13(5-8-16-9-7-15)10-11-2-1-3-12-11/h11-12,14-15H,1-10H2. The van der Waals surface area contributed by atoms with E-state index < -0.39 is 0 Å². The molecule has 96 valence electrons. The molecular weight excluding hydrogens is 208 g/mol. The predicted molar refractivity (Wildman–Crippen MR) is 62.5 cm³/mol. The van der Waals surface area contributed by atoms with E-state index >= 15 is 0 Å². The number of rotatable bonds is 9. The first-order valence-corrected chi connectivity index (χ1v) is 6.12. The van der Waals surface area contributed by atoms with Gasteiger partial charge in [-0.15, -0.1) is 0 Å². The van der Waals surface area contributed by atoms with E-state index in [0.717, 1.165) is 19.6 Å². The maximum atomic E-state index is 8.97. The Morgan fingerprint density at radius 3 is 2.69 bits per heavy atom. The highest BCUT2D eigenvalue weighted by atomic mass is 16.5. The Kier molecular flexibility index (Phi) is 7.71. The molecule has 0 saturated carbocycles. The molecule has 5 nitrogen and oxygen atoms in total. The molecule has 1 rings (SSSR count). The molecule has 16 heavy (non-hydrogen) atoms. The highest BCUT2D eigenvalue weighted by Crippen LogP contribution is 2.06. The van der Waals surface area contributed by atoms with Crippen LogP contribution in [0.4, 0.5) is 0 Å². The minimum atomic E-state index is 0.0736. The van der Waals surface area contributed by atoms with E-state index in [1.807, 2.05) is 0 Å². The molecule has 0 radical (unpaired) electrons. The van der Waals surface area contributed by atoms with E-state index in [1.54, 1.807) is 0 Å². The molecule has 3 N–H and O–H groups in total. The van der Waals surface area contributed by atoms with Crippen LogP contribution in [0.25, 0.3) is 0 Å². The van der Waals surface area contributed by atoms with Crippen molar-refractivity contribution >= 4 is 0 Å². The smallest absolute Gasteiger partial charge is 0.0698 e. The van der Waals surface area contributed by atoms with E-state index in [2.05, 4.69) is 10.2 Å². The molecule has 0 spiro atoms. The summed E-state index contributed by atoms with van der Waals surface area (Å²) in [7, 11) is 0. The van der Waals surface area contributed by atoms with Crippen molar-refractivity contribution in [2.24, 2.45) is 0 Å². The van der Waals surface area contributed by atoms with Gasteiger partial charge in [-0.1, -0.05) is 0 Å². The fraction of sp³-hybridized carbons (Fsp3) is 1.00. The average molecular weight is 232 g/mol. The van der Waals surface area contributed by atoms with E-state index in [9.17, 15) is 0 Å². The fourth-order valence-electron chi connectivity index (χ4n) is 2.02. The molecule has 1 unspecified atom stereocenters. The summed E-state index contributed by atoms with van der Waals surface area (Å²) in [6.45, 7) is 4.87. The highest BCUT2D eigenvalue weighted by Gasteiger charge is 2.17. The van der Waals surface area contributed by atoms with Crippen LogP contribution in [0.5, 0.6) is 0 Å². The number of nitrogens with one attached hydrogen (secondary N) is 1. The number of nitrogens with zero attached hydrogens (tertiary/aromatic N) is 1. The summed E-state index contributed by atoms with van der Waals surface area (Å²) in [6, 6.07) is 0.560. The first-order chi connectivity index (χ1) is 7.86. The Labute approximate surface area is 97.4 Å². The second-order valence-corrected chi connectivity index (χ2v) is 4.15. The van der Waals surface area contributed by atoms with Crippen LogP contribution in [-0.4, -0.2) is 73.8 Å². The Morgan fingerprint density at radius 1 is 1.19 bits per heavy atom. The van der Waals surface area contributed by atoms with Gasteiger partial charge in [0.25, 0.3) is 0 Å². The molecule has 1 atom stereocenters. The molecule has 1 saturated heterocycles. The summed E-state index contributed by atoms with van der Waals surface area (Å²) in [6.07, 6.45) is 2.47. The average Bonchev–Trinajstić information content (AvgIpc) is 2.77. The first kappa shape index (κ1) is 13.9. The quantitative estimate of drug-likeness (QED) is 0.447. The van der Waals surface area contributed by atoms with Crippen LogP contribution in [0.1, 0.15) is 12.8 Å². The maximum absolute atomic E-state index is 8.97. The molecule has 1 fully saturated rings. The summed E-state index contributed by atoms with van der Waals surface area (Å²) in [4.78, 5) is 2.21. The fourth-order valence-corrected chi connectivity index (χ4v) is 2.02. The first-order valence-electron chi connectivity index (χ1n) is 6.12. The van der Waals surface area contributed by atoms with E-state index in [0.29, 0.717) is 25.8 Å². The van der Waals surface area contributed by atoms with Gasteiger partial charge >= 0.3 is 0 Å². The second-order valence-electron chi connectivity index (χ2n) is 4.15. The minimum Gasteiger partial charge on any atom is -0.395 e. The number of ether oxygens (including phenoxy) is 1. The van der Waals surface area contributed by atoms with Crippen molar-refractivity contribution in [1.29, 1.82) is 0 Å². The molecule has 0 amide bonds. The zero-order chi connectivity index (χ0) is 11.6. The third-order valence-corrected chi connectivity index (χ3v) is 2.84. The minimum absolute atomic E-state index is 0.0736. The van der Waals surface area contributed by atoms with Gasteiger partial charge in [-0.25, -0.2) is 0 Å². The van der Waals surface area contributed by atoms with Crippen LogP contribution in [0, 0.1) is 0 Å². The van der Waals surface area contributed by atoms with Gasteiger partial charge in [-0.3, -0.25) is 4.90 Å². The van der Waals surface area contributed by atoms with Crippen LogP contribution < -0.4 is 5.32 Å². The summed E-state index contributed by atoms with van der Waals surface area (Å²) in [5.74, 6) is 0. The van der Waals surface area contributed by atoms with Gasteiger partial charge in [-0.2, -0.15) is 0 Å². The summed E-state index contributed by atoms with van der Waals surface area (Å²) in [5.41, 5.74) is 0. The molecule has 1 heterocycles. The number of hydrogen-bond acceptors (Lipinski definition) is 5. The third-order valence-electron chi connectivity index (χ3n) is 2.84. The van der Waals surface area contributed by atoms with Crippen molar-refractivity contribution in [3.8, 4) is 0 Å². The van der Waals surface area contributed by atoms with Gasteiger partial charge < -0.3 is 20.3 Å². The number of aliphatic hydroxyl groups excluding tert-OH is 2. The zero-order valence-electron chi connectivity index (χ0n) is 9.90. The van der Waals surface area contributed by atoms with Crippen LogP contribution in [0.2, 0.25) is 0 Å². The third kappa shape index (κ3) is 5.77. The van der Waals surface area contributed by atoms with Gasteiger partial charge in [0.05, 0.1) is 26.4 Å². The van der Waals surface area contributed by atoms with Gasteiger partial charge in [-0.05, 0) is 19.4 Å². The largest absolute Gasteiger partial charge is 0.395 e. The Morgan fingerprint density at radius 2 is 2.06 bits per heavy atom. The number of aliphatic hydroxyl groups is 2. The molecule has 0 aromatic rings. The second kappa shape index (κ2) is 8.90. The van der Waals surface area contributed by atoms with Crippen molar-refractivity contribution in [3.63, 3.8) is 0 Å². The van der Waals surface area contributed by atoms with Gasteiger partial charge in [0, 0.05) is 25.7 Å². The van der Waals surface area contributed by atoms with Gasteiger partial charge in [0.15, 0.2) is 0 Å². The van der Waals surface area contributed by atoms with Crippen molar-refractivity contribution in [1.82, 2.24) is 10.2 Å². The lowest BCUT2D eigenvalue weighted by molar-refractivity contribution is 0.0674. The Bertz CT molecular complexity index is 163. The van der Waals surface area contributed by atoms with Gasteiger partial charge in [0.2, 0.25) is 0 Å². The Hall–Kier alpha value is -0.200. The van der Waals surface area contributed by atoms with Crippen LogP contribution in [0.15, 0.2) is 0 Å². The molecule has 1 aliphatic rings. The van der Waals surface area contributed by atoms with Crippen molar-refractivity contribution < 1.29 is 14.9 Å². The molecular formula is C11H24N2O3. The summed E-state index contributed by atoms with van der Waals surface area (Å²) in [5, 5.41) is 21.0. The lowest BCUT2D eigenvalue weighted by Crippen LogP contribution is -2.40.